The Morgan fingerprint density at radius 3 is 2.40 bits per heavy atom. The number of rotatable bonds is 6. The molecule has 10 heteroatoms. The van der Waals surface area contributed by atoms with Crippen molar-refractivity contribution in [3.8, 4) is 0 Å². The van der Waals surface area contributed by atoms with Crippen LogP contribution in [-0.2, 0) is 19.1 Å². The lowest BCUT2D eigenvalue weighted by molar-refractivity contribution is -0.143. The number of hydrogen-bond donors (Lipinski definition) is 2. The van der Waals surface area contributed by atoms with Crippen molar-refractivity contribution < 1.29 is 29.0 Å². The van der Waals surface area contributed by atoms with E-state index in [4.69, 9.17) is 38.4 Å². The second-order valence-electron chi connectivity index (χ2n) is 6.86. The number of ether oxygens (including phenoxy) is 2. The van der Waals surface area contributed by atoms with E-state index >= 15 is 0 Å². The fourth-order valence-electron chi connectivity index (χ4n) is 3.24. The summed E-state index contributed by atoms with van der Waals surface area (Å²) in [5.41, 5.74) is 5.84. The average molecular weight is 457 g/mol. The number of carbonyl (C=O) groups is 3. The van der Waals surface area contributed by atoms with Gasteiger partial charge in [-0.2, -0.15) is 0 Å². The van der Waals surface area contributed by atoms with Gasteiger partial charge in [0.1, 0.15) is 6.61 Å². The molecular formula is C20H22Cl2N2O6. The highest BCUT2D eigenvalue weighted by Gasteiger charge is 2.41. The second kappa shape index (κ2) is 9.40. The number of nitrogens with zero attached hydrogens (tertiary/aromatic N) is 1. The van der Waals surface area contributed by atoms with Gasteiger partial charge >= 0.3 is 18.0 Å². The van der Waals surface area contributed by atoms with Crippen molar-refractivity contribution >= 4 is 41.2 Å². The van der Waals surface area contributed by atoms with Crippen LogP contribution in [0.15, 0.2) is 40.7 Å². The number of carboxylic acid groups (broad SMARTS) is 1. The van der Waals surface area contributed by atoms with Gasteiger partial charge in [0.2, 0.25) is 0 Å². The van der Waals surface area contributed by atoms with Crippen molar-refractivity contribution in [3.05, 3.63) is 56.3 Å². The van der Waals surface area contributed by atoms with Crippen molar-refractivity contribution in [2.75, 3.05) is 13.7 Å². The monoisotopic (exact) mass is 456 g/mol. The highest BCUT2D eigenvalue weighted by molar-refractivity contribution is 6.42. The van der Waals surface area contributed by atoms with E-state index < -0.39 is 30.1 Å². The summed E-state index contributed by atoms with van der Waals surface area (Å²) in [6.07, 6.45) is -1.53. The molecule has 2 rings (SSSR count). The van der Waals surface area contributed by atoms with Gasteiger partial charge in [0, 0.05) is 12.7 Å². The van der Waals surface area contributed by atoms with Crippen molar-refractivity contribution in [2.45, 2.75) is 32.8 Å². The predicted octanol–water partition coefficient (Wildman–Crippen LogP) is 3.68. The van der Waals surface area contributed by atoms with Gasteiger partial charge in [0.25, 0.3) is 0 Å². The van der Waals surface area contributed by atoms with Crippen LogP contribution in [0.4, 0.5) is 4.79 Å². The van der Waals surface area contributed by atoms with Gasteiger partial charge in [-0.3, -0.25) is 0 Å². The Balaban J connectivity index is 2.85. The number of carboxylic acids is 1. The molecule has 1 aliphatic rings. The van der Waals surface area contributed by atoms with E-state index in [9.17, 15) is 19.5 Å². The number of carbonyl (C=O) groups excluding carboxylic acids is 2. The topological polar surface area (TPSA) is 119 Å². The van der Waals surface area contributed by atoms with E-state index in [2.05, 4.69) is 0 Å². The molecule has 1 aliphatic heterocycles. The third-order valence-electron chi connectivity index (χ3n) is 4.62. The number of amides is 1. The van der Waals surface area contributed by atoms with Gasteiger partial charge in [-0.25, -0.2) is 14.4 Å². The zero-order valence-corrected chi connectivity index (χ0v) is 18.4. The number of primary amides is 1. The maximum atomic E-state index is 13.1. The summed E-state index contributed by atoms with van der Waals surface area (Å²) in [4.78, 5) is 38.0. The van der Waals surface area contributed by atoms with Crippen molar-refractivity contribution in [2.24, 2.45) is 5.73 Å². The Hall–Kier alpha value is -2.71. The van der Waals surface area contributed by atoms with Crippen LogP contribution in [0.3, 0.4) is 0 Å². The van der Waals surface area contributed by atoms with Crippen molar-refractivity contribution in [1.82, 2.24) is 4.90 Å². The fourth-order valence-corrected chi connectivity index (χ4v) is 3.66. The molecule has 0 radical (unpaired) electrons. The van der Waals surface area contributed by atoms with E-state index in [1.54, 1.807) is 46.0 Å². The number of aliphatic carboxylic acids is 1. The van der Waals surface area contributed by atoms with Gasteiger partial charge in [-0.15, -0.1) is 0 Å². The number of esters is 1. The molecule has 0 aliphatic carbocycles. The number of nitrogens with two attached hydrogens (primary N) is 1. The van der Waals surface area contributed by atoms with Gasteiger partial charge in [0.15, 0.2) is 0 Å². The number of likely N-dealkylation sites (N-methyl/N-ethyl adjacent to an activating group) is 1. The third-order valence-corrected chi connectivity index (χ3v) is 5.46. The van der Waals surface area contributed by atoms with Crippen molar-refractivity contribution in [1.29, 1.82) is 0 Å². The molecule has 1 atom stereocenters. The maximum Gasteiger partial charge on any atom is 0.404 e. The maximum absolute atomic E-state index is 13.1. The van der Waals surface area contributed by atoms with Crippen LogP contribution in [0.2, 0.25) is 10.0 Å². The highest BCUT2D eigenvalue weighted by atomic mass is 35.5. The molecule has 1 unspecified atom stereocenters. The fraction of sp³-hybridized carbons (Fsp3) is 0.350. The summed E-state index contributed by atoms with van der Waals surface area (Å²) in [7, 11) is 1.55. The predicted molar refractivity (Wildman–Crippen MR) is 111 cm³/mol. The molecule has 0 saturated carbocycles. The second-order valence-corrected chi connectivity index (χ2v) is 7.65. The van der Waals surface area contributed by atoms with Crippen LogP contribution in [0.25, 0.3) is 0 Å². The molecule has 0 aromatic heterocycles. The van der Waals surface area contributed by atoms with E-state index in [-0.39, 0.29) is 33.5 Å². The first kappa shape index (κ1) is 23.6. The van der Waals surface area contributed by atoms with E-state index in [0.717, 1.165) is 0 Å². The van der Waals surface area contributed by atoms with Crippen LogP contribution >= 0.6 is 23.2 Å². The first-order valence-electron chi connectivity index (χ1n) is 8.95. The molecule has 0 spiro atoms. The van der Waals surface area contributed by atoms with Gasteiger partial charge in [0.05, 0.1) is 38.9 Å². The van der Waals surface area contributed by atoms with Gasteiger partial charge in [-0.1, -0.05) is 35.3 Å². The zero-order valence-electron chi connectivity index (χ0n) is 16.9. The lowest BCUT2D eigenvalue weighted by atomic mass is 9.79. The highest BCUT2D eigenvalue weighted by Crippen LogP contribution is 2.45. The van der Waals surface area contributed by atoms with Crippen LogP contribution < -0.4 is 5.73 Å². The molecule has 30 heavy (non-hydrogen) atoms. The lowest BCUT2D eigenvalue weighted by Gasteiger charge is -2.36. The normalized spacial score (nSPS) is 16.8. The molecule has 0 fully saturated rings. The molecule has 1 heterocycles. The third kappa shape index (κ3) is 4.71. The van der Waals surface area contributed by atoms with Crippen LogP contribution in [0, 0.1) is 0 Å². The molecule has 162 valence electrons. The number of halogens is 2. The Kier molecular flexibility index (Phi) is 7.39. The Morgan fingerprint density at radius 2 is 1.87 bits per heavy atom. The molecular weight excluding hydrogens is 435 g/mol. The van der Waals surface area contributed by atoms with Gasteiger partial charge in [-0.05, 0) is 32.4 Å². The minimum atomic E-state index is -1.25. The molecule has 0 saturated heterocycles. The first-order chi connectivity index (χ1) is 14.0. The van der Waals surface area contributed by atoms with E-state index in [0.29, 0.717) is 11.3 Å². The summed E-state index contributed by atoms with van der Waals surface area (Å²) in [5, 5.41) is 10.3. The molecule has 8 nitrogen and oxygen atoms in total. The van der Waals surface area contributed by atoms with E-state index in [1.165, 1.54) is 4.90 Å². The summed E-state index contributed by atoms with van der Waals surface area (Å²) in [5.74, 6) is -3.13. The molecule has 1 aromatic rings. The van der Waals surface area contributed by atoms with Crippen LogP contribution in [-0.4, -0.2) is 47.8 Å². The minimum Gasteiger partial charge on any atom is -0.478 e. The Bertz CT molecular complexity index is 955. The van der Waals surface area contributed by atoms with E-state index in [1.807, 2.05) is 0 Å². The standard InChI is InChI=1S/C20H22Cl2N2O6/c1-9(2)30-19(27)16-13(8-29-20(23)28)24(4)10(3)14(18(25)26)15(16)11-6-5-7-12(21)17(11)22/h5-7,9,15H,8H2,1-4H3,(H2,23,28)(H,25,26). The van der Waals surface area contributed by atoms with Crippen LogP contribution in [0.5, 0.6) is 0 Å². The number of hydrogen-bond acceptors (Lipinski definition) is 6. The minimum absolute atomic E-state index is 0.0281. The van der Waals surface area contributed by atoms with Crippen LogP contribution in [0.1, 0.15) is 32.3 Å². The van der Waals surface area contributed by atoms with Gasteiger partial charge < -0.3 is 25.2 Å². The summed E-state index contributed by atoms with van der Waals surface area (Å²) < 4.78 is 10.3. The Morgan fingerprint density at radius 1 is 1.23 bits per heavy atom. The lowest BCUT2D eigenvalue weighted by Crippen LogP contribution is -2.36. The smallest absolute Gasteiger partial charge is 0.404 e. The Labute approximate surface area is 183 Å². The molecule has 0 bridgehead atoms. The van der Waals surface area contributed by atoms with Crippen molar-refractivity contribution in [3.63, 3.8) is 0 Å². The number of allylic oxidation sites excluding steroid dienone is 1. The molecule has 1 amide bonds. The number of benzene rings is 1. The summed E-state index contributed by atoms with van der Waals surface area (Å²) in [6, 6.07) is 4.73. The summed E-state index contributed by atoms with van der Waals surface area (Å²) >= 11 is 12.5. The first-order valence-corrected chi connectivity index (χ1v) is 9.70. The SMILES string of the molecule is CC1=C(C(=O)O)C(c2cccc(Cl)c2Cl)C(C(=O)OC(C)C)=C(COC(N)=O)N1C. The largest absolute Gasteiger partial charge is 0.478 e. The zero-order chi connectivity index (χ0) is 22.7. The average Bonchev–Trinajstić information content (AvgIpc) is 2.63. The quantitative estimate of drug-likeness (QED) is 0.626. The summed E-state index contributed by atoms with van der Waals surface area (Å²) in [6.45, 7) is 4.52. The molecule has 3 N–H and O–H groups in total. The molecule has 1 aromatic carbocycles.